The number of benzene rings is 2. The minimum Gasteiger partial charge on any atom is -0.355 e. The summed E-state index contributed by atoms with van der Waals surface area (Å²) >= 11 is 7.32. The lowest BCUT2D eigenvalue weighted by molar-refractivity contribution is -0.138. The number of carbonyl (C=O) groups is 2. The highest BCUT2D eigenvalue weighted by Gasteiger charge is 2.25. The van der Waals surface area contributed by atoms with Gasteiger partial charge in [-0.25, -0.2) is 4.39 Å². The van der Waals surface area contributed by atoms with Crippen LogP contribution in [0.3, 0.4) is 0 Å². The Labute approximate surface area is 174 Å². The smallest absolute Gasteiger partial charge is 0.242 e. The summed E-state index contributed by atoms with van der Waals surface area (Å²) in [5.74, 6) is -0.356. The van der Waals surface area contributed by atoms with Crippen LogP contribution in [-0.4, -0.2) is 35.1 Å². The Morgan fingerprint density at radius 2 is 1.89 bits per heavy atom. The number of hydrogen-bond donors (Lipinski definition) is 1. The molecule has 0 saturated heterocycles. The molecule has 2 amide bonds. The van der Waals surface area contributed by atoms with E-state index in [0.717, 1.165) is 5.56 Å². The van der Waals surface area contributed by atoms with Gasteiger partial charge in [0.1, 0.15) is 11.9 Å². The van der Waals surface area contributed by atoms with Crippen LogP contribution in [0.15, 0.2) is 48.5 Å². The summed E-state index contributed by atoms with van der Waals surface area (Å²) in [4.78, 5) is 26.7. The van der Waals surface area contributed by atoms with Crippen molar-refractivity contribution >= 4 is 35.2 Å². The Morgan fingerprint density at radius 1 is 1.18 bits per heavy atom. The van der Waals surface area contributed by atoms with E-state index in [1.54, 1.807) is 24.0 Å². The molecule has 0 aliphatic carbocycles. The predicted octanol–water partition coefficient (Wildman–Crippen LogP) is 4.27. The van der Waals surface area contributed by atoms with Gasteiger partial charge in [0.05, 0.1) is 5.75 Å². The van der Waals surface area contributed by atoms with Crippen molar-refractivity contribution in [3.8, 4) is 0 Å². The van der Waals surface area contributed by atoms with E-state index in [1.807, 2.05) is 37.3 Å². The quantitative estimate of drug-likeness (QED) is 0.656. The summed E-state index contributed by atoms with van der Waals surface area (Å²) in [7, 11) is 0. The molecular formula is C21H24ClFN2O2S. The number of carbonyl (C=O) groups excluding carboxylic acids is 2. The van der Waals surface area contributed by atoms with Crippen LogP contribution in [0.1, 0.15) is 25.0 Å². The number of halogens is 2. The predicted molar refractivity (Wildman–Crippen MR) is 113 cm³/mol. The molecule has 1 N–H and O–H groups in total. The van der Waals surface area contributed by atoms with Crippen molar-refractivity contribution < 1.29 is 14.0 Å². The molecular weight excluding hydrogens is 399 g/mol. The Hall–Kier alpha value is -2.05. The molecule has 2 rings (SSSR count). The molecule has 0 saturated carbocycles. The van der Waals surface area contributed by atoms with Crippen molar-refractivity contribution in [1.82, 2.24) is 10.2 Å². The van der Waals surface area contributed by atoms with E-state index in [4.69, 9.17) is 11.6 Å². The average Bonchev–Trinajstić information content (AvgIpc) is 2.68. The second-order valence-electron chi connectivity index (χ2n) is 6.27. The normalized spacial score (nSPS) is 11.7. The van der Waals surface area contributed by atoms with Crippen LogP contribution < -0.4 is 5.32 Å². The molecule has 28 heavy (non-hydrogen) atoms. The number of hydrogen-bond acceptors (Lipinski definition) is 3. The number of likely N-dealkylation sites (N-methyl/N-ethyl adjacent to an activating group) is 1. The first-order valence-electron chi connectivity index (χ1n) is 9.05. The lowest BCUT2D eigenvalue weighted by Crippen LogP contribution is -2.48. The minimum atomic E-state index is -0.606. The fourth-order valence-corrected chi connectivity index (χ4v) is 3.93. The molecule has 150 valence electrons. The topological polar surface area (TPSA) is 49.4 Å². The van der Waals surface area contributed by atoms with E-state index in [9.17, 15) is 14.0 Å². The molecule has 0 heterocycles. The molecule has 2 aromatic carbocycles. The lowest BCUT2D eigenvalue weighted by Gasteiger charge is -2.28. The zero-order valence-electron chi connectivity index (χ0n) is 16.0. The molecule has 0 bridgehead atoms. The third kappa shape index (κ3) is 6.24. The van der Waals surface area contributed by atoms with E-state index in [0.29, 0.717) is 23.7 Å². The zero-order chi connectivity index (χ0) is 20.5. The third-order valence-electron chi connectivity index (χ3n) is 4.25. The second kappa shape index (κ2) is 11.1. The average molecular weight is 423 g/mol. The van der Waals surface area contributed by atoms with Gasteiger partial charge in [-0.1, -0.05) is 48.0 Å². The van der Waals surface area contributed by atoms with Gasteiger partial charge in [-0.2, -0.15) is 0 Å². The fraction of sp³-hybridized carbons (Fsp3) is 0.333. The van der Waals surface area contributed by atoms with Crippen LogP contribution >= 0.6 is 23.4 Å². The third-order valence-corrected chi connectivity index (χ3v) is 5.55. The van der Waals surface area contributed by atoms with E-state index in [1.165, 1.54) is 17.8 Å². The summed E-state index contributed by atoms with van der Waals surface area (Å²) in [6.45, 7) is 4.38. The monoisotopic (exact) mass is 422 g/mol. The molecule has 1 atom stereocenters. The summed E-state index contributed by atoms with van der Waals surface area (Å²) in [6, 6.07) is 13.4. The van der Waals surface area contributed by atoms with Gasteiger partial charge in [-0.3, -0.25) is 9.59 Å². The number of rotatable bonds is 9. The van der Waals surface area contributed by atoms with E-state index < -0.39 is 6.04 Å². The second-order valence-corrected chi connectivity index (χ2v) is 7.66. The molecule has 0 aliphatic rings. The number of thioether (sulfide) groups is 1. The Bertz CT molecular complexity index is 784. The Balaban J connectivity index is 2.06. The van der Waals surface area contributed by atoms with Gasteiger partial charge in [0, 0.05) is 29.4 Å². The maximum atomic E-state index is 13.9. The first-order valence-corrected chi connectivity index (χ1v) is 10.6. The first-order chi connectivity index (χ1) is 13.4. The van der Waals surface area contributed by atoms with Gasteiger partial charge in [0.2, 0.25) is 11.8 Å². The molecule has 0 aromatic heterocycles. The van der Waals surface area contributed by atoms with E-state index in [-0.39, 0.29) is 29.1 Å². The summed E-state index contributed by atoms with van der Waals surface area (Å²) in [5.41, 5.74) is 1.32. The zero-order valence-corrected chi connectivity index (χ0v) is 17.5. The summed E-state index contributed by atoms with van der Waals surface area (Å²) in [6.07, 6.45) is 0. The number of nitrogens with one attached hydrogen (secondary N) is 1. The Morgan fingerprint density at radius 3 is 2.54 bits per heavy atom. The van der Waals surface area contributed by atoms with Crippen molar-refractivity contribution in [2.75, 3.05) is 12.3 Å². The Kier molecular flexibility index (Phi) is 8.80. The van der Waals surface area contributed by atoms with Gasteiger partial charge in [0.25, 0.3) is 0 Å². The molecule has 0 radical (unpaired) electrons. The molecule has 0 aliphatic heterocycles. The molecule has 0 unspecified atom stereocenters. The van der Waals surface area contributed by atoms with Crippen LogP contribution in [-0.2, 0) is 21.9 Å². The van der Waals surface area contributed by atoms with Crippen molar-refractivity contribution in [2.24, 2.45) is 0 Å². The maximum Gasteiger partial charge on any atom is 0.242 e. The summed E-state index contributed by atoms with van der Waals surface area (Å²) in [5, 5.41) is 3.10. The SMILES string of the molecule is CCNC(=O)[C@H](C)N(Cc1ccccc1)C(=O)CSCc1c(F)cccc1Cl. The molecule has 4 nitrogen and oxygen atoms in total. The number of nitrogens with zero attached hydrogens (tertiary/aromatic N) is 1. The van der Waals surface area contributed by atoms with Gasteiger partial charge in [0.15, 0.2) is 0 Å². The van der Waals surface area contributed by atoms with Gasteiger partial charge >= 0.3 is 0 Å². The number of amides is 2. The van der Waals surface area contributed by atoms with Gasteiger partial charge in [-0.15, -0.1) is 11.8 Å². The highest BCUT2D eigenvalue weighted by atomic mass is 35.5. The van der Waals surface area contributed by atoms with E-state index in [2.05, 4.69) is 5.32 Å². The highest BCUT2D eigenvalue weighted by Crippen LogP contribution is 2.24. The van der Waals surface area contributed by atoms with Crippen molar-refractivity contribution in [3.05, 3.63) is 70.5 Å². The summed E-state index contributed by atoms with van der Waals surface area (Å²) < 4.78 is 13.9. The molecule has 2 aromatic rings. The van der Waals surface area contributed by atoms with Crippen LogP contribution in [0.25, 0.3) is 0 Å². The van der Waals surface area contributed by atoms with Crippen LogP contribution in [0, 0.1) is 5.82 Å². The first kappa shape index (κ1) is 22.2. The standard InChI is InChI=1S/C21H24ClFN2O2S/c1-3-24-21(27)15(2)25(12-16-8-5-4-6-9-16)20(26)14-28-13-17-18(22)10-7-11-19(17)23/h4-11,15H,3,12-14H2,1-2H3,(H,24,27)/t15-/m0/s1. The highest BCUT2D eigenvalue weighted by molar-refractivity contribution is 7.99. The van der Waals surface area contributed by atoms with Gasteiger partial charge < -0.3 is 10.2 Å². The van der Waals surface area contributed by atoms with Crippen molar-refractivity contribution in [2.45, 2.75) is 32.2 Å². The maximum absolute atomic E-state index is 13.9. The molecule has 0 spiro atoms. The van der Waals surface area contributed by atoms with Crippen LogP contribution in [0.4, 0.5) is 4.39 Å². The van der Waals surface area contributed by atoms with Crippen molar-refractivity contribution in [3.63, 3.8) is 0 Å². The van der Waals surface area contributed by atoms with Crippen LogP contribution in [0.5, 0.6) is 0 Å². The largest absolute Gasteiger partial charge is 0.355 e. The van der Waals surface area contributed by atoms with Crippen LogP contribution in [0.2, 0.25) is 5.02 Å². The molecule has 0 fully saturated rings. The van der Waals surface area contributed by atoms with Crippen molar-refractivity contribution in [1.29, 1.82) is 0 Å². The lowest BCUT2D eigenvalue weighted by atomic mass is 10.1. The van der Waals surface area contributed by atoms with E-state index >= 15 is 0 Å². The molecule has 7 heteroatoms. The minimum absolute atomic E-state index is 0.126. The fourth-order valence-electron chi connectivity index (χ4n) is 2.68. The van der Waals surface area contributed by atoms with Gasteiger partial charge in [-0.05, 0) is 31.5 Å².